The van der Waals surface area contributed by atoms with E-state index in [2.05, 4.69) is 254 Å². The van der Waals surface area contributed by atoms with Crippen LogP contribution in [-0.4, -0.2) is 0 Å². The number of hydrogen-bond donors (Lipinski definition) is 0. The van der Waals surface area contributed by atoms with Crippen molar-refractivity contribution in [1.29, 1.82) is 0 Å². The molecular weight excluding hydrogens is 811 g/mol. The molecule has 0 aliphatic heterocycles. The molecule has 1 aromatic heterocycles. The molecule has 0 bridgehead atoms. The van der Waals surface area contributed by atoms with Gasteiger partial charge in [-0.2, -0.15) is 0 Å². The molecule has 314 valence electrons. The molecule has 1 heterocycles. The third kappa shape index (κ3) is 6.26. The highest BCUT2D eigenvalue weighted by Gasteiger charge is 2.47. The van der Waals surface area contributed by atoms with E-state index in [4.69, 9.17) is 4.42 Å². The van der Waals surface area contributed by atoms with Crippen LogP contribution in [0.15, 0.2) is 265 Å². The Bertz CT molecular complexity index is 3770. The summed E-state index contributed by atoms with van der Waals surface area (Å²) in [5.41, 5.74) is 19.0. The van der Waals surface area contributed by atoms with Gasteiger partial charge in [0.25, 0.3) is 0 Å². The molecule has 2 nitrogen and oxygen atoms in total. The predicted molar refractivity (Wildman–Crippen MR) is 280 cm³/mol. The van der Waals surface area contributed by atoms with Gasteiger partial charge in [0, 0.05) is 27.6 Å². The van der Waals surface area contributed by atoms with Crippen LogP contribution in [0.5, 0.6) is 0 Å². The first-order valence-corrected chi connectivity index (χ1v) is 23.1. The highest BCUT2D eigenvalue weighted by atomic mass is 16.3. The van der Waals surface area contributed by atoms with Gasteiger partial charge in [-0.15, -0.1) is 0 Å². The Morgan fingerprint density at radius 3 is 1.69 bits per heavy atom. The van der Waals surface area contributed by atoms with Gasteiger partial charge in [0.05, 0.1) is 16.8 Å². The van der Waals surface area contributed by atoms with Gasteiger partial charge >= 0.3 is 0 Å². The molecule has 0 saturated carbocycles. The van der Waals surface area contributed by atoms with Crippen molar-refractivity contribution in [3.63, 3.8) is 0 Å². The topological polar surface area (TPSA) is 16.4 Å². The Morgan fingerprint density at radius 1 is 0.313 bits per heavy atom. The molecule has 1 aliphatic carbocycles. The van der Waals surface area contributed by atoms with Gasteiger partial charge < -0.3 is 9.32 Å². The van der Waals surface area contributed by atoms with Crippen LogP contribution < -0.4 is 4.90 Å². The van der Waals surface area contributed by atoms with E-state index in [0.29, 0.717) is 0 Å². The fourth-order valence-corrected chi connectivity index (χ4v) is 10.9. The summed E-state index contributed by atoms with van der Waals surface area (Å²) in [5.74, 6) is 0. The van der Waals surface area contributed by atoms with E-state index in [9.17, 15) is 0 Å². The summed E-state index contributed by atoms with van der Waals surface area (Å²) >= 11 is 0. The van der Waals surface area contributed by atoms with Crippen LogP contribution in [0.3, 0.4) is 0 Å². The minimum atomic E-state index is -0.539. The largest absolute Gasteiger partial charge is 0.456 e. The molecule has 0 N–H and O–H groups in total. The van der Waals surface area contributed by atoms with Gasteiger partial charge in [0.2, 0.25) is 0 Å². The summed E-state index contributed by atoms with van der Waals surface area (Å²) in [7, 11) is 0. The van der Waals surface area contributed by atoms with Crippen molar-refractivity contribution in [3.05, 3.63) is 283 Å². The maximum atomic E-state index is 6.32. The third-order valence-electron chi connectivity index (χ3n) is 13.9. The third-order valence-corrected chi connectivity index (χ3v) is 13.9. The van der Waals surface area contributed by atoms with E-state index < -0.39 is 5.41 Å². The Hall–Kier alpha value is -8.72. The first-order chi connectivity index (χ1) is 33.2. The smallest absolute Gasteiger partial charge is 0.135 e. The van der Waals surface area contributed by atoms with Gasteiger partial charge in [0.1, 0.15) is 11.2 Å². The number of rotatable bonds is 8. The summed E-state index contributed by atoms with van der Waals surface area (Å²) in [6, 6.07) is 95.2. The number of anilines is 3. The lowest BCUT2D eigenvalue weighted by Gasteiger charge is -2.34. The first-order valence-electron chi connectivity index (χ1n) is 23.1. The molecule has 0 radical (unpaired) electrons. The van der Waals surface area contributed by atoms with Crippen LogP contribution in [0, 0.1) is 0 Å². The lowest BCUT2D eigenvalue weighted by molar-refractivity contribution is 0.669. The SMILES string of the molecule is c1ccc(C2(c3ccccc3)c3ccccc3-c3c(N(c4ccc(-c5cccc(-c6ccc7ccccc7c6)c5)cc4)c4ccccc4-c4ccc5oc6ccccc6c5c4)cccc32)cc1. The van der Waals surface area contributed by atoms with Crippen LogP contribution >= 0.6 is 0 Å². The van der Waals surface area contributed by atoms with Gasteiger partial charge in [-0.1, -0.05) is 206 Å². The second kappa shape index (κ2) is 15.8. The zero-order valence-corrected chi connectivity index (χ0v) is 36.7. The standard InChI is InChI=1S/C65H43NO/c1-3-21-51(22-4-1)65(52-23-5-2-6-24-52)58-28-12-9-27-56(58)64-59(65)29-16-31-61(64)66(60-30-13-10-25-54(60)50-37-40-63-57(43-50)55-26-11-14-32-62(55)67-63)53-38-35-45(36-39-53)47-19-15-20-48(41-47)49-34-33-44-17-7-8-18-46(44)42-49/h1-43H. The van der Waals surface area contributed by atoms with Crippen LogP contribution in [0.4, 0.5) is 17.1 Å². The Labute approximate surface area is 390 Å². The fraction of sp³-hybridized carbons (Fsp3) is 0.0154. The Balaban J connectivity index is 1.02. The van der Waals surface area contributed by atoms with Crippen molar-refractivity contribution in [2.45, 2.75) is 5.41 Å². The zero-order chi connectivity index (χ0) is 44.3. The van der Waals surface area contributed by atoms with E-state index >= 15 is 0 Å². The van der Waals surface area contributed by atoms with E-state index in [1.54, 1.807) is 0 Å². The monoisotopic (exact) mass is 853 g/mol. The maximum Gasteiger partial charge on any atom is 0.135 e. The summed E-state index contributed by atoms with van der Waals surface area (Å²) < 4.78 is 6.32. The highest BCUT2D eigenvalue weighted by Crippen LogP contribution is 2.60. The first kappa shape index (κ1) is 38.7. The van der Waals surface area contributed by atoms with Gasteiger partial charge in [-0.3, -0.25) is 0 Å². The lowest BCUT2D eigenvalue weighted by atomic mass is 9.68. The van der Waals surface area contributed by atoms with E-state index in [1.807, 2.05) is 12.1 Å². The van der Waals surface area contributed by atoms with E-state index in [1.165, 1.54) is 60.8 Å². The fourth-order valence-electron chi connectivity index (χ4n) is 10.9. The summed E-state index contributed by atoms with van der Waals surface area (Å²) in [6.45, 7) is 0. The van der Waals surface area contributed by atoms with E-state index in [0.717, 1.165) is 55.7 Å². The van der Waals surface area contributed by atoms with Crippen LogP contribution in [0.2, 0.25) is 0 Å². The second-order valence-electron chi connectivity index (χ2n) is 17.6. The number of para-hydroxylation sites is 2. The second-order valence-corrected chi connectivity index (χ2v) is 17.6. The molecule has 0 spiro atoms. The molecule has 0 amide bonds. The van der Waals surface area contributed by atoms with Crippen molar-refractivity contribution in [1.82, 2.24) is 0 Å². The minimum absolute atomic E-state index is 0.539. The molecule has 0 atom stereocenters. The van der Waals surface area contributed by atoms with Crippen LogP contribution in [0.25, 0.3) is 77.2 Å². The number of fused-ring (bicyclic) bond motifs is 7. The molecule has 0 saturated heterocycles. The number of nitrogens with zero attached hydrogens (tertiary/aromatic N) is 1. The van der Waals surface area contributed by atoms with Crippen molar-refractivity contribution in [2.75, 3.05) is 4.90 Å². The average Bonchev–Trinajstić information content (AvgIpc) is 3.93. The Kier molecular flexibility index (Phi) is 9.11. The summed E-state index contributed by atoms with van der Waals surface area (Å²) in [6.07, 6.45) is 0. The molecule has 67 heavy (non-hydrogen) atoms. The van der Waals surface area contributed by atoms with Crippen molar-refractivity contribution >= 4 is 49.8 Å². The molecule has 0 unspecified atom stereocenters. The molecule has 13 rings (SSSR count). The van der Waals surface area contributed by atoms with Crippen molar-refractivity contribution in [2.24, 2.45) is 0 Å². The summed E-state index contributed by atoms with van der Waals surface area (Å²) in [4.78, 5) is 2.49. The summed E-state index contributed by atoms with van der Waals surface area (Å²) in [5, 5.41) is 4.71. The van der Waals surface area contributed by atoms with Crippen LogP contribution in [-0.2, 0) is 5.41 Å². The zero-order valence-electron chi connectivity index (χ0n) is 36.7. The lowest BCUT2D eigenvalue weighted by Crippen LogP contribution is -2.28. The number of benzene rings is 11. The average molecular weight is 854 g/mol. The molecular formula is C65H43NO. The highest BCUT2D eigenvalue weighted by molar-refractivity contribution is 6.07. The quantitative estimate of drug-likeness (QED) is 0.151. The normalized spacial score (nSPS) is 12.6. The predicted octanol–water partition coefficient (Wildman–Crippen LogP) is 17.6. The van der Waals surface area contributed by atoms with E-state index in [-0.39, 0.29) is 0 Å². The molecule has 11 aromatic carbocycles. The molecule has 2 heteroatoms. The van der Waals surface area contributed by atoms with Crippen LogP contribution in [0.1, 0.15) is 22.3 Å². The molecule has 1 aliphatic rings. The minimum Gasteiger partial charge on any atom is -0.456 e. The Morgan fingerprint density at radius 2 is 0.881 bits per heavy atom. The van der Waals surface area contributed by atoms with Crippen molar-refractivity contribution in [3.8, 4) is 44.5 Å². The molecule has 12 aromatic rings. The van der Waals surface area contributed by atoms with Gasteiger partial charge in [0.15, 0.2) is 0 Å². The van der Waals surface area contributed by atoms with Gasteiger partial charge in [-0.05, 0) is 121 Å². The maximum absolute atomic E-state index is 6.32. The molecule has 0 fully saturated rings. The van der Waals surface area contributed by atoms with Gasteiger partial charge in [-0.25, -0.2) is 0 Å². The number of furan rings is 1. The number of hydrogen-bond acceptors (Lipinski definition) is 2. The van der Waals surface area contributed by atoms with Crippen molar-refractivity contribution < 1.29 is 4.42 Å².